The van der Waals surface area contributed by atoms with Crippen LogP contribution in [0.25, 0.3) is 0 Å². The van der Waals surface area contributed by atoms with Crippen LogP contribution in [0.3, 0.4) is 0 Å². The molecule has 3 rings (SSSR count). The van der Waals surface area contributed by atoms with Gasteiger partial charge < -0.3 is 10.6 Å². The monoisotopic (exact) mass is 276 g/mol. The number of anilines is 2. The zero-order valence-corrected chi connectivity index (χ0v) is 11.3. The summed E-state index contributed by atoms with van der Waals surface area (Å²) < 4.78 is 13.8. The van der Waals surface area contributed by atoms with Crippen LogP contribution in [0.15, 0.2) is 12.3 Å². The Morgan fingerprint density at radius 1 is 1.50 bits per heavy atom. The van der Waals surface area contributed by atoms with Crippen LogP contribution >= 0.6 is 0 Å². The van der Waals surface area contributed by atoms with E-state index in [1.54, 1.807) is 0 Å². The van der Waals surface area contributed by atoms with E-state index in [9.17, 15) is 4.39 Å². The highest BCUT2D eigenvalue weighted by molar-refractivity contribution is 5.47. The summed E-state index contributed by atoms with van der Waals surface area (Å²) in [6, 6.07) is 1.84. The number of nitrogens with one attached hydrogen (secondary N) is 3. The predicted octanol–water partition coefficient (Wildman–Crippen LogP) is 1.54. The summed E-state index contributed by atoms with van der Waals surface area (Å²) in [4.78, 5) is 8.21. The van der Waals surface area contributed by atoms with Gasteiger partial charge in [-0.3, -0.25) is 5.10 Å². The van der Waals surface area contributed by atoms with Crippen molar-refractivity contribution < 1.29 is 4.39 Å². The van der Waals surface area contributed by atoms with Crippen molar-refractivity contribution in [1.29, 1.82) is 0 Å². The highest BCUT2D eigenvalue weighted by Crippen LogP contribution is 2.18. The maximum absolute atomic E-state index is 13.8. The molecule has 0 saturated carbocycles. The molecule has 0 aromatic carbocycles. The Morgan fingerprint density at radius 2 is 2.40 bits per heavy atom. The maximum atomic E-state index is 13.8. The van der Waals surface area contributed by atoms with E-state index in [0.717, 1.165) is 25.2 Å². The van der Waals surface area contributed by atoms with Crippen molar-refractivity contribution in [3.8, 4) is 0 Å². The van der Waals surface area contributed by atoms with Crippen LogP contribution in [0.1, 0.15) is 17.8 Å². The zero-order valence-electron chi connectivity index (χ0n) is 11.3. The minimum Gasteiger partial charge on any atom is -0.316 e. The number of rotatable bonds is 4. The average Bonchev–Trinajstić information content (AvgIpc) is 3.06. The summed E-state index contributed by atoms with van der Waals surface area (Å²) >= 11 is 0. The summed E-state index contributed by atoms with van der Waals surface area (Å²) in [5.74, 6) is 1.10. The van der Waals surface area contributed by atoms with Crippen LogP contribution in [0.2, 0.25) is 0 Å². The predicted molar refractivity (Wildman–Crippen MR) is 73.3 cm³/mol. The highest BCUT2D eigenvalue weighted by atomic mass is 19.1. The molecule has 3 N–H and O–H groups in total. The second-order valence-electron chi connectivity index (χ2n) is 5.11. The fourth-order valence-corrected chi connectivity index (χ4v) is 2.36. The number of aryl methyl sites for hydroxylation is 1. The van der Waals surface area contributed by atoms with E-state index in [1.165, 1.54) is 6.20 Å². The van der Waals surface area contributed by atoms with Crippen molar-refractivity contribution in [3.05, 3.63) is 29.5 Å². The third-order valence-electron chi connectivity index (χ3n) is 3.41. The molecular formula is C13H17FN6. The minimum absolute atomic E-state index is 0.347. The SMILES string of the molecule is Cc1cc(Nc2ncc(F)c(C[C@@H]3CCNC3)n2)n[nH]1. The molecule has 0 bridgehead atoms. The lowest BCUT2D eigenvalue weighted by Crippen LogP contribution is -2.13. The van der Waals surface area contributed by atoms with Crippen molar-refractivity contribution in [3.63, 3.8) is 0 Å². The fourth-order valence-electron chi connectivity index (χ4n) is 2.36. The Kier molecular flexibility index (Phi) is 3.60. The van der Waals surface area contributed by atoms with Gasteiger partial charge in [0.2, 0.25) is 5.95 Å². The summed E-state index contributed by atoms with van der Waals surface area (Å²) in [5, 5.41) is 13.1. The molecule has 0 radical (unpaired) electrons. The van der Waals surface area contributed by atoms with Crippen molar-refractivity contribution in [1.82, 2.24) is 25.5 Å². The molecule has 106 valence electrons. The Balaban J connectivity index is 1.75. The second kappa shape index (κ2) is 5.54. The van der Waals surface area contributed by atoms with E-state index in [1.807, 2.05) is 13.0 Å². The zero-order chi connectivity index (χ0) is 13.9. The van der Waals surface area contributed by atoms with Crippen molar-refractivity contribution in [2.24, 2.45) is 5.92 Å². The molecule has 0 unspecified atom stereocenters. The number of nitrogens with zero attached hydrogens (tertiary/aromatic N) is 3. The molecule has 6 nitrogen and oxygen atoms in total. The molecule has 0 aliphatic carbocycles. The quantitative estimate of drug-likeness (QED) is 0.789. The van der Waals surface area contributed by atoms with E-state index in [2.05, 4.69) is 30.8 Å². The van der Waals surface area contributed by atoms with Gasteiger partial charge in [0.15, 0.2) is 11.6 Å². The number of H-pyrrole nitrogens is 1. The molecule has 20 heavy (non-hydrogen) atoms. The number of hydrogen-bond donors (Lipinski definition) is 3. The molecule has 2 aromatic rings. The molecule has 1 fully saturated rings. The van der Waals surface area contributed by atoms with Crippen molar-refractivity contribution in [2.45, 2.75) is 19.8 Å². The first-order valence-corrected chi connectivity index (χ1v) is 6.72. The molecule has 1 atom stereocenters. The largest absolute Gasteiger partial charge is 0.316 e. The normalized spacial score (nSPS) is 18.4. The van der Waals surface area contributed by atoms with Crippen molar-refractivity contribution >= 4 is 11.8 Å². The van der Waals surface area contributed by atoms with Crippen LogP contribution in [-0.4, -0.2) is 33.3 Å². The Labute approximate surface area is 116 Å². The molecule has 0 spiro atoms. The smallest absolute Gasteiger partial charge is 0.228 e. The molecule has 2 aromatic heterocycles. The molecule has 3 heterocycles. The topological polar surface area (TPSA) is 78.5 Å². The summed E-state index contributed by atoms with van der Waals surface area (Å²) in [5.41, 5.74) is 1.40. The Bertz CT molecular complexity index is 590. The number of hydrogen-bond acceptors (Lipinski definition) is 5. The van der Waals surface area contributed by atoms with Gasteiger partial charge in [0, 0.05) is 11.8 Å². The summed E-state index contributed by atoms with van der Waals surface area (Å²) in [6.07, 6.45) is 2.91. The standard InChI is InChI=1S/C13H17FN6/c1-8-4-12(20-19-8)18-13-16-7-10(14)11(17-13)5-9-2-3-15-6-9/h4,7,9,15H,2-3,5-6H2,1H3,(H2,16,17,18,19,20)/t9-/m0/s1. The van der Waals surface area contributed by atoms with Crippen LogP contribution < -0.4 is 10.6 Å². The maximum Gasteiger partial charge on any atom is 0.228 e. The second-order valence-corrected chi connectivity index (χ2v) is 5.11. The first kappa shape index (κ1) is 13.0. The van der Waals surface area contributed by atoms with Gasteiger partial charge in [0.1, 0.15) is 0 Å². The summed E-state index contributed by atoms with van der Waals surface area (Å²) in [6.45, 7) is 3.82. The molecule has 0 amide bonds. The Morgan fingerprint density at radius 3 is 3.10 bits per heavy atom. The molecule has 7 heteroatoms. The minimum atomic E-state index is -0.347. The fraction of sp³-hybridized carbons (Fsp3) is 0.462. The Hall–Kier alpha value is -2.02. The van der Waals surface area contributed by atoms with Crippen LogP contribution in [-0.2, 0) is 6.42 Å². The van der Waals surface area contributed by atoms with Gasteiger partial charge in [-0.05, 0) is 38.8 Å². The van der Waals surface area contributed by atoms with Gasteiger partial charge in [-0.25, -0.2) is 14.4 Å². The van der Waals surface area contributed by atoms with Gasteiger partial charge in [0.25, 0.3) is 0 Å². The first-order chi connectivity index (χ1) is 9.70. The molecule has 1 aliphatic rings. The lowest BCUT2D eigenvalue weighted by molar-refractivity contribution is 0.528. The van der Waals surface area contributed by atoms with E-state index in [4.69, 9.17) is 0 Å². The van der Waals surface area contributed by atoms with Crippen molar-refractivity contribution in [2.75, 3.05) is 18.4 Å². The highest BCUT2D eigenvalue weighted by Gasteiger charge is 2.18. The van der Waals surface area contributed by atoms with E-state index < -0.39 is 0 Å². The summed E-state index contributed by atoms with van der Waals surface area (Å²) in [7, 11) is 0. The first-order valence-electron chi connectivity index (χ1n) is 6.72. The van der Waals surface area contributed by atoms with Gasteiger partial charge in [-0.2, -0.15) is 5.10 Å². The van der Waals surface area contributed by atoms with E-state index >= 15 is 0 Å². The number of aromatic amines is 1. The molecular weight excluding hydrogens is 259 g/mol. The lowest BCUT2D eigenvalue weighted by atomic mass is 10.0. The van der Waals surface area contributed by atoms with Gasteiger partial charge in [-0.15, -0.1) is 0 Å². The third kappa shape index (κ3) is 2.93. The number of aromatic nitrogens is 4. The molecule has 1 saturated heterocycles. The van der Waals surface area contributed by atoms with E-state index in [-0.39, 0.29) is 5.82 Å². The van der Waals surface area contributed by atoms with Crippen LogP contribution in [0.5, 0.6) is 0 Å². The van der Waals surface area contributed by atoms with Gasteiger partial charge in [0.05, 0.1) is 11.9 Å². The number of halogens is 1. The van der Waals surface area contributed by atoms with Crippen LogP contribution in [0, 0.1) is 18.7 Å². The average molecular weight is 276 g/mol. The third-order valence-corrected chi connectivity index (χ3v) is 3.41. The van der Waals surface area contributed by atoms with E-state index in [0.29, 0.717) is 29.8 Å². The van der Waals surface area contributed by atoms with Gasteiger partial charge in [-0.1, -0.05) is 0 Å². The molecule has 1 aliphatic heterocycles. The van der Waals surface area contributed by atoms with Crippen LogP contribution in [0.4, 0.5) is 16.2 Å². The van der Waals surface area contributed by atoms with Gasteiger partial charge >= 0.3 is 0 Å². The lowest BCUT2D eigenvalue weighted by Gasteiger charge is -2.09.